The van der Waals surface area contributed by atoms with Gasteiger partial charge in [-0.25, -0.2) is 25.7 Å². The van der Waals surface area contributed by atoms with Gasteiger partial charge in [-0.2, -0.15) is 10.2 Å². The molecule has 2 aromatic carbocycles. The fraction of sp³-hybridized carbons (Fsp3) is 0.462. The first-order chi connectivity index (χ1) is 29.4. The third-order valence-electron chi connectivity index (χ3n) is 11.7. The quantitative estimate of drug-likeness (QED) is 0.0814. The number of carboxylic acid groups (broad SMARTS) is 2. The number of amides is 5. The molecule has 4 aromatic rings. The summed E-state index contributed by atoms with van der Waals surface area (Å²) in [5.41, 5.74) is 9.29. The van der Waals surface area contributed by atoms with Crippen molar-refractivity contribution in [3.63, 3.8) is 0 Å². The van der Waals surface area contributed by atoms with Crippen LogP contribution in [0.5, 0.6) is 0 Å². The lowest BCUT2D eigenvalue weighted by Crippen LogP contribution is -2.57. The highest BCUT2D eigenvalue weighted by Gasteiger charge is 2.34. The maximum Gasteiger partial charge on any atom is 0.429 e. The molecule has 6 heterocycles. The molecule has 22 heteroatoms. The molecule has 4 aliphatic rings. The van der Waals surface area contributed by atoms with Gasteiger partial charge in [-0.3, -0.25) is 49.6 Å². The highest BCUT2D eigenvalue weighted by molar-refractivity contribution is 6.00. The average molecular weight is 843 g/mol. The van der Waals surface area contributed by atoms with Crippen LogP contribution < -0.4 is 21.5 Å². The van der Waals surface area contributed by atoms with E-state index in [0.717, 1.165) is 0 Å². The predicted molar refractivity (Wildman–Crippen MR) is 211 cm³/mol. The summed E-state index contributed by atoms with van der Waals surface area (Å²) in [6, 6.07) is 8.15. The lowest BCUT2D eigenvalue weighted by molar-refractivity contribution is -0.150. The number of nitrogens with one attached hydrogen (secondary N) is 6. The largest absolute Gasteiger partial charge is 0.480 e. The molecule has 4 saturated heterocycles. The van der Waals surface area contributed by atoms with Gasteiger partial charge in [-0.05, 0) is 12.8 Å². The molecule has 22 nitrogen and oxygen atoms in total. The third kappa shape index (κ3) is 9.07. The third-order valence-corrected chi connectivity index (χ3v) is 11.7. The van der Waals surface area contributed by atoms with Gasteiger partial charge in [0, 0.05) is 123 Å². The number of aliphatic carboxylic acids is 2. The highest BCUT2D eigenvalue weighted by Crippen LogP contribution is 2.30. The number of aromatic amines is 2. The number of hydrogen-bond donors (Lipinski definition) is 8. The maximum absolute atomic E-state index is 13.2. The minimum atomic E-state index is -1.16. The number of H-pyrrole nitrogens is 2. The Balaban J connectivity index is 0.817. The lowest BCUT2D eigenvalue weighted by Gasteiger charge is -2.38. The fourth-order valence-electron chi connectivity index (χ4n) is 8.34. The molecule has 2 aromatic heterocycles. The van der Waals surface area contributed by atoms with E-state index in [1.165, 1.54) is 9.96 Å². The van der Waals surface area contributed by atoms with E-state index in [0.29, 0.717) is 109 Å². The van der Waals surface area contributed by atoms with Crippen LogP contribution in [0.2, 0.25) is 0 Å². The Labute approximate surface area is 347 Å². The van der Waals surface area contributed by atoms with E-state index in [4.69, 9.17) is 4.84 Å². The Kier molecular flexibility index (Phi) is 12.0. The van der Waals surface area contributed by atoms with E-state index >= 15 is 0 Å². The molecular formula is C39H46N12O10. The summed E-state index contributed by atoms with van der Waals surface area (Å²) in [4.78, 5) is 93.5. The van der Waals surface area contributed by atoms with Crippen molar-refractivity contribution < 1.29 is 48.6 Å². The first-order valence-corrected chi connectivity index (χ1v) is 20.2. The Morgan fingerprint density at radius 3 is 1.54 bits per heavy atom. The topological polar surface area (TPSA) is 288 Å². The number of carbonyl (C=O) groups is 7. The number of hydroxylamine groups is 2. The van der Waals surface area contributed by atoms with Crippen LogP contribution in [0.15, 0.2) is 36.4 Å². The van der Waals surface area contributed by atoms with Gasteiger partial charge in [0.15, 0.2) is 0 Å². The SMILES string of the molecule is O=C1CCC(Cc2[nH]nc3c(C(NN4CCN(OC(=O)N5CCN(NC(C(=O)O)c6cccc7c(CC8CCC(=O)NC8=O)[nH]nc67)CC5)CC4)C(=O)O)cccc23)C(=O)N1. The van der Waals surface area contributed by atoms with Crippen molar-refractivity contribution in [1.29, 1.82) is 0 Å². The number of hydrazine groups is 2. The molecule has 5 amide bonds. The van der Waals surface area contributed by atoms with Crippen molar-refractivity contribution in [2.75, 3.05) is 52.4 Å². The average Bonchev–Trinajstić information content (AvgIpc) is 3.86. The first-order valence-electron chi connectivity index (χ1n) is 20.2. The van der Waals surface area contributed by atoms with Gasteiger partial charge in [-0.1, -0.05) is 36.4 Å². The van der Waals surface area contributed by atoms with Gasteiger partial charge in [0.25, 0.3) is 0 Å². The molecule has 0 bridgehead atoms. The smallest absolute Gasteiger partial charge is 0.429 e. The number of piperidine rings is 2. The number of para-hydroxylation sites is 2. The molecule has 4 aliphatic heterocycles. The number of fused-ring (bicyclic) bond motifs is 2. The molecule has 8 rings (SSSR count). The first kappa shape index (κ1) is 41.4. The van der Waals surface area contributed by atoms with Crippen LogP contribution in [-0.2, 0) is 46.4 Å². The number of aromatic nitrogens is 4. The zero-order chi connectivity index (χ0) is 42.8. The molecule has 0 spiro atoms. The van der Waals surface area contributed by atoms with Gasteiger partial charge in [0.1, 0.15) is 12.1 Å². The van der Waals surface area contributed by atoms with Crippen LogP contribution in [0.1, 0.15) is 60.3 Å². The van der Waals surface area contributed by atoms with E-state index in [2.05, 4.69) is 41.9 Å². The molecule has 8 N–H and O–H groups in total. The van der Waals surface area contributed by atoms with Gasteiger partial charge in [-0.15, -0.1) is 5.06 Å². The molecule has 322 valence electrons. The number of imide groups is 2. The second-order valence-corrected chi connectivity index (χ2v) is 15.6. The normalized spacial score (nSPS) is 21.9. The number of rotatable bonds is 13. The van der Waals surface area contributed by atoms with Gasteiger partial charge >= 0.3 is 18.0 Å². The van der Waals surface area contributed by atoms with Crippen LogP contribution in [0.4, 0.5) is 4.79 Å². The van der Waals surface area contributed by atoms with Gasteiger partial charge < -0.3 is 20.0 Å². The van der Waals surface area contributed by atoms with Crippen molar-refractivity contribution >= 4 is 63.5 Å². The summed E-state index contributed by atoms with van der Waals surface area (Å²) in [5.74, 6) is -4.33. The zero-order valence-electron chi connectivity index (χ0n) is 33.0. The van der Waals surface area contributed by atoms with Crippen LogP contribution >= 0.6 is 0 Å². The van der Waals surface area contributed by atoms with Crippen molar-refractivity contribution in [2.45, 2.75) is 50.6 Å². The number of piperazine rings is 2. The number of carbonyl (C=O) groups excluding carboxylic acids is 5. The van der Waals surface area contributed by atoms with Gasteiger partial charge in [0.2, 0.25) is 23.6 Å². The zero-order valence-corrected chi connectivity index (χ0v) is 33.0. The molecule has 61 heavy (non-hydrogen) atoms. The van der Waals surface area contributed by atoms with Crippen LogP contribution in [-0.4, -0.2) is 145 Å². The summed E-state index contributed by atoms with van der Waals surface area (Å²) in [7, 11) is 0. The number of carboxylic acids is 2. The highest BCUT2D eigenvalue weighted by atomic mass is 16.7. The van der Waals surface area contributed by atoms with E-state index in [1.807, 2.05) is 12.1 Å². The number of benzene rings is 2. The molecule has 0 radical (unpaired) electrons. The van der Waals surface area contributed by atoms with E-state index in [-0.39, 0.29) is 49.6 Å². The maximum atomic E-state index is 13.2. The molecule has 4 fully saturated rings. The summed E-state index contributed by atoms with van der Waals surface area (Å²) < 4.78 is 0. The Morgan fingerprint density at radius 1 is 0.672 bits per heavy atom. The van der Waals surface area contributed by atoms with E-state index in [9.17, 15) is 43.8 Å². The standard InChI is InChI=1S/C39H46N12O10/c52-29-9-7-21(35(54)40-29)19-27-23-3-1-5-25(31(23)44-42-27)33(37(56)57)46-49-13-11-48(12-14-49)39(60)61-51-17-15-50(16-18-51)47-34(38(58)59)26-6-2-4-24-28(43-45-32(24)26)20-22-8-10-30(53)41-36(22)55/h1-6,21-22,33-34,46-47H,7-20H2,(H,42,44)(H,43,45)(H,56,57)(H,58,59)(H,40,52,54)(H,41,53,55). The Morgan fingerprint density at radius 2 is 1.11 bits per heavy atom. The molecular weight excluding hydrogens is 797 g/mol. The molecule has 0 saturated carbocycles. The van der Waals surface area contributed by atoms with Crippen molar-refractivity contribution in [2.24, 2.45) is 11.8 Å². The second-order valence-electron chi connectivity index (χ2n) is 15.6. The monoisotopic (exact) mass is 842 g/mol. The summed E-state index contributed by atoms with van der Waals surface area (Å²) in [5, 5.41) is 46.4. The van der Waals surface area contributed by atoms with E-state index < -0.39 is 42.0 Å². The van der Waals surface area contributed by atoms with Crippen molar-refractivity contribution in [3.05, 3.63) is 58.9 Å². The summed E-state index contributed by atoms with van der Waals surface area (Å²) in [6.07, 6.45) is 1.43. The summed E-state index contributed by atoms with van der Waals surface area (Å²) in [6.45, 7) is 2.41. The van der Waals surface area contributed by atoms with Gasteiger partial charge in [0.05, 0.1) is 11.0 Å². The lowest BCUT2D eigenvalue weighted by atomic mass is 9.92. The Bertz CT molecular complexity index is 2370. The van der Waals surface area contributed by atoms with Crippen LogP contribution in [0.3, 0.4) is 0 Å². The molecule has 4 atom stereocenters. The van der Waals surface area contributed by atoms with Crippen molar-refractivity contribution in [1.82, 2.24) is 61.9 Å². The Hall–Kier alpha value is -6.33. The van der Waals surface area contributed by atoms with E-state index in [1.54, 1.807) is 34.3 Å². The van der Waals surface area contributed by atoms with Crippen LogP contribution in [0.25, 0.3) is 21.8 Å². The predicted octanol–water partition coefficient (Wildman–Crippen LogP) is -0.123. The fourth-order valence-corrected chi connectivity index (χ4v) is 8.34. The summed E-state index contributed by atoms with van der Waals surface area (Å²) >= 11 is 0. The minimum Gasteiger partial charge on any atom is -0.480 e. The van der Waals surface area contributed by atoms with Crippen molar-refractivity contribution in [3.8, 4) is 0 Å². The molecule has 4 unspecified atom stereocenters. The minimum absolute atomic E-state index is 0.253. The number of nitrogens with zero attached hydrogens (tertiary/aromatic N) is 6. The second kappa shape index (κ2) is 17.7. The number of hydrogen-bond acceptors (Lipinski definition) is 15. The molecule has 0 aliphatic carbocycles. The van der Waals surface area contributed by atoms with Crippen LogP contribution in [0, 0.1) is 11.8 Å².